The van der Waals surface area contributed by atoms with Gasteiger partial charge in [0.05, 0.1) is 12.5 Å². The van der Waals surface area contributed by atoms with Crippen molar-refractivity contribution < 1.29 is 19.7 Å². The first-order chi connectivity index (χ1) is 9.13. The molecule has 1 aromatic carbocycles. The Kier molecular flexibility index (Phi) is 4.52. The van der Waals surface area contributed by atoms with Crippen LogP contribution in [0.3, 0.4) is 0 Å². The van der Waals surface area contributed by atoms with Crippen molar-refractivity contribution in [3.05, 3.63) is 35.9 Å². The van der Waals surface area contributed by atoms with Crippen molar-refractivity contribution >= 4 is 5.97 Å². The summed E-state index contributed by atoms with van der Waals surface area (Å²) in [5, 5.41) is 19.9. The number of likely N-dealkylation sites (tertiary alicyclic amines) is 1. The Morgan fingerprint density at radius 2 is 2.05 bits per heavy atom. The number of nitrogens with zero attached hydrogens (tertiary/aromatic N) is 1. The van der Waals surface area contributed by atoms with Crippen LogP contribution in [-0.2, 0) is 16.1 Å². The summed E-state index contributed by atoms with van der Waals surface area (Å²) < 4.78 is 4.91. The molecule has 1 aromatic rings. The molecule has 0 bridgehead atoms. The Balaban J connectivity index is 2.02. The fourth-order valence-electron chi connectivity index (χ4n) is 2.33. The first kappa shape index (κ1) is 14.0. The van der Waals surface area contributed by atoms with Gasteiger partial charge >= 0.3 is 5.97 Å². The average molecular weight is 265 g/mol. The fraction of sp³-hybridized carbons (Fsp3) is 0.500. The zero-order chi connectivity index (χ0) is 13.8. The Hall–Kier alpha value is -1.43. The van der Waals surface area contributed by atoms with Gasteiger partial charge in [-0.3, -0.25) is 9.69 Å². The molecule has 0 spiro atoms. The quantitative estimate of drug-likeness (QED) is 0.769. The molecule has 1 aliphatic rings. The van der Waals surface area contributed by atoms with Crippen molar-refractivity contribution in [2.45, 2.75) is 25.8 Å². The minimum atomic E-state index is -1.09. The van der Waals surface area contributed by atoms with E-state index in [1.807, 2.05) is 30.3 Å². The highest BCUT2D eigenvalue weighted by atomic mass is 16.5. The van der Waals surface area contributed by atoms with E-state index in [0.29, 0.717) is 13.1 Å². The Morgan fingerprint density at radius 1 is 1.37 bits per heavy atom. The van der Waals surface area contributed by atoms with Crippen LogP contribution in [0.4, 0.5) is 0 Å². The lowest BCUT2D eigenvalue weighted by Gasteiger charge is -2.20. The fourth-order valence-corrected chi connectivity index (χ4v) is 2.33. The van der Waals surface area contributed by atoms with Crippen LogP contribution in [-0.4, -0.2) is 46.6 Å². The number of carbonyl (C=O) groups is 1. The normalized spacial score (nSPS) is 27.4. The molecular formula is C14H19NO4. The molecule has 0 saturated carbocycles. The number of hydrogen-bond acceptors (Lipinski definition) is 5. The molecule has 1 fully saturated rings. The van der Waals surface area contributed by atoms with E-state index in [4.69, 9.17) is 4.74 Å². The van der Waals surface area contributed by atoms with Crippen molar-refractivity contribution in [3.63, 3.8) is 0 Å². The molecule has 19 heavy (non-hydrogen) atoms. The van der Waals surface area contributed by atoms with Crippen molar-refractivity contribution in [1.29, 1.82) is 0 Å². The largest absolute Gasteiger partial charge is 0.466 e. The number of rotatable bonds is 4. The van der Waals surface area contributed by atoms with Crippen LogP contribution in [0.5, 0.6) is 0 Å². The molecule has 1 saturated heterocycles. The molecule has 2 N–H and O–H groups in total. The standard InChI is InChI=1S/C14H19NO4/c1-2-19-14(18)11-9-15(13(17)12(11)16)8-10-6-4-3-5-7-10/h3-7,11-13,16-17H,2,8-9H2,1H3. The van der Waals surface area contributed by atoms with Crippen LogP contribution >= 0.6 is 0 Å². The van der Waals surface area contributed by atoms with Crippen molar-refractivity contribution in [2.24, 2.45) is 5.92 Å². The highest BCUT2D eigenvalue weighted by molar-refractivity contribution is 5.74. The summed E-state index contributed by atoms with van der Waals surface area (Å²) >= 11 is 0. The maximum absolute atomic E-state index is 11.7. The van der Waals surface area contributed by atoms with Crippen LogP contribution in [0.25, 0.3) is 0 Å². The Labute approximate surface area is 112 Å². The summed E-state index contributed by atoms with van der Waals surface area (Å²) in [6, 6.07) is 9.63. The number of ether oxygens (including phenoxy) is 1. The SMILES string of the molecule is CCOC(=O)C1CN(Cc2ccccc2)C(O)C1O. The molecule has 0 amide bonds. The van der Waals surface area contributed by atoms with E-state index in [9.17, 15) is 15.0 Å². The molecule has 5 heteroatoms. The van der Waals surface area contributed by atoms with Gasteiger partial charge in [0.15, 0.2) is 0 Å². The topological polar surface area (TPSA) is 70.0 Å². The number of benzene rings is 1. The molecular weight excluding hydrogens is 246 g/mol. The summed E-state index contributed by atoms with van der Waals surface area (Å²) in [5.74, 6) is -1.14. The lowest BCUT2D eigenvalue weighted by atomic mass is 10.1. The minimum absolute atomic E-state index is 0.275. The summed E-state index contributed by atoms with van der Waals surface area (Å²) in [4.78, 5) is 13.4. The highest BCUT2D eigenvalue weighted by Gasteiger charge is 2.44. The summed E-state index contributed by atoms with van der Waals surface area (Å²) in [6.45, 7) is 2.79. The predicted molar refractivity (Wildman–Crippen MR) is 69.0 cm³/mol. The van der Waals surface area contributed by atoms with Gasteiger partial charge < -0.3 is 14.9 Å². The molecule has 2 rings (SSSR count). The van der Waals surface area contributed by atoms with Crippen LogP contribution < -0.4 is 0 Å². The molecule has 0 radical (unpaired) electrons. The number of hydrogen-bond donors (Lipinski definition) is 2. The zero-order valence-electron chi connectivity index (χ0n) is 10.9. The first-order valence-corrected chi connectivity index (χ1v) is 6.44. The van der Waals surface area contributed by atoms with Gasteiger partial charge in [-0.05, 0) is 12.5 Å². The summed E-state index contributed by atoms with van der Waals surface area (Å²) in [5.41, 5.74) is 1.03. The van der Waals surface area contributed by atoms with Gasteiger partial charge in [0, 0.05) is 13.1 Å². The van der Waals surface area contributed by atoms with Crippen molar-refractivity contribution in [1.82, 2.24) is 4.90 Å². The second-order valence-corrected chi connectivity index (χ2v) is 4.68. The molecule has 104 valence electrons. The second kappa shape index (κ2) is 6.14. The summed E-state index contributed by atoms with van der Waals surface area (Å²) in [6.07, 6.45) is -2.13. The van der Waals surface area contributed by atoms with Crippen LogP contribution in [0.15, 0.2) is 30.3 Å². The van der Waals surface area contributed by atoms with Crippen LogP contribution in [0.2, 0.25) is 0 Å². The maximum Gasteiger partial charge on any atom is 0.313 e. The molecule has 1 aliphatic heterocycles. The number of aliphatic hydroxyl groups excluding tert-OH is 2. The number of aliphatic hydroxyl groups is 2. The molecule has 0 aromatic heterocycles. The predicted octanol–water partition coefficient (Wildman–Crippen LogP) is 0.361. The third-order valence-electron chi connectivity index (χ3n) is 3.34. The molecule has 3 atom stereocenters. The lowest BCUT2D eigenvalue weighted by Crippen LogP contribution is -2.35. The Morgan fingerprint density at radius 3 is 2.68 bits per heavy atom. The molecule has 3 unspecified atom stereocenters. The number of esters is 1. The summed E-state index contributed by atoms with van der Waals surface area (Å²) in [7, 11) is 0. The molecule has 5 nitrogen and oxygen atoms in total. The van der Waals surface area contributed by atoms with Crippen LogP contribution in [0, 0.1) is 5.92 Å². The van der Waals surface area contributed by atoms with E-state index in [1.54, 1.807) is 11.8 Å². The third kappa shape index (κ3) is 3.12. The van der Waals surface area contributed by atoms with Crippen molar-refractivity contribution in [3.8, 4) is 0 Å². The van der Waals surface area contributed by atoms with E-state index in [2.05, 4.69) is 0 Å². The van der Waals surface area contributed by atoms with E-state index in [0.717, 1.165) is 5.56 Å². The molecule has 1 heterocycles. The maximum atomic E-state index is 11.7. The average Bonchev–Trinajstić information content (AvgIpc) is 2.69. The zero-order valence-corrected chi connectivity index (χ0v) is 10.9. The smallest absolute Gasteiger partial charge is 0.313 e. The van der Waals surface area contributed by atoms with Gasteiger partial charge in [-0.25, -0.2) is 0 Å². The van der Waals surface area contributed by atoms with Gasteiger partial charge in [-0.1, -0.05) is 30.3 Å². The number of carbonyl (C=O) groups excluding carboxylic acids is 1. The van der Waals surface area contributed by atoms with E-state index in [1.165, 1.54) is 0 Å². The van der Waals surface area contributed by atoms with E-state index < -0.39 is 24.2 Å². The van der Waals surface area contributed by atoms with Gasteiger partial charge in [-0.15, -0.1) is 0 Å². The van der Waals surface area contributed by atoms with E-state index in [-0.39, 0.29) is 6.61 Å². The highest BCUT2D eigenvalue weighted by Crippen LogP contribution is 2.25. The first-order valence-electron chi connectivity index (χ1n) is 6.44. The van der Waals surface area contributed by atoms with Crippen LogP contribution in [0.1, 0.15) is 12.5 Å². The van der Waals surface area contributed by atoms with Gasteiger partial charge in [0.25, 0.3) is 0 Å². The Bertz CT molecular complexity index is 423. The minimum Gasteiger partial charge on any atom is -0.466 e. The monoisotopic (exact) mass is 265 g/mol. The van der Waals surface area contributed by atoms with Gasteiger partial charge in [0.1, 0.15) is 12.3 Å². The van der Waals surface area contributed by atoms with Gasteiger partial charge in [0.2, 0.25) is 0 Å². The van der Waals surface area contributed by atoms with Crippen molar-refractivity contribution in [2.75, 3.05) is 13.2 Å². The third-order valence-corrected chi connectivity index (χ3v) is 3.34. The van der Waals surface area contributed by atoms with Gasteiger partial charge in [-0.2, -0.15) is 0 Å². The second-order valence-electron chi connectivity index (χ2n) is 4.68. The van der Waals surface area contributed by atoms with E-state index >= 15 is 0 Å². The molecule has 0 aliphatic carbocycles. The lowest BCUT2D eigenvalue weighted by molar-refractivity contribution is -0.151.